The second-order valence-electron chi connectivity index (χ2n) is 3.02. The third-order valence-electron chi connectivity index (χ3n) is 1.76. The van der Waals surface area contributed by atoms with Gasteiger partial charge in [0, 0.05) is 0 Å². The maximum atomic E-state index is 12.6. The SMILES string of the molecule is N#CCc1cc(C(F)F)c(OC(F)(F)F)nc1I. The molecule has 0 unspecified atom stereocenters. The average molecular weight is 378 g/mol. The largest absolute Gasteiger partial charge is 0.574 e. The van der Waals surface area contributed by atoms with Crippen molar-refractivity contribution in [3.63, 3.8) is 0 Å². The summed E-state index contributed by atoms with van der Waals surface area (Å²) in [6.45, 7) is 0. The molecule has 0 amide bonds. The van der Waals surface area contributed by atoms with E-state index in [4.69, 9.17) is 5.26 Å². The van der Waals surface area contributed by atoms with Crippen LogP contribution in [0.5, 0.6) is 5.88 Å². The fourth-order valence-electron chi connectivity index (χ4n) is 1.09. The molecule has 9 heteroatoms. The Labute approximate surface area is 112 Å². The van der Waals surface area contributed by atoms with Crippen molar-refractivity contribution in [1.29, 1.82) is 5.26 Å². The maximum Gasteiger partial charge on any atom is 0.574 e. The zero-order valence-electron chi connectivity index (χ0n) is 8.43. The number of hydrogen-bond donors (Lipinski definition) is 0. The molecule has 0 radical (unpaired) electrons. The minimum Gasteiger partial charge on any atom is -0.387 e. The summed E-state index contributed by atoms with van der Waals surface area (Å²) in [5.74, 6) is -1.19. The van der Waals surface area contributed by atoms with Gasteiger partial charge in [0.15, 0.2) is 0 Å². The zero-order valence-corrected chi connectivity index (χ0v) is 10.6. The van der Waals surface area contributed by atoms with E-state index in [0.717, 1.165) is 6.07 Å². The van der Waals surface area contributed by atoms with Crippen molar-refractivity contribution in [2.75, 3.05) is 0 Å². The first-order valence-electron chi connectivity index (χ1n) is 4.34. The molecule has 0 saturated carbocycles. The van der Waals surface area contributed by atoms with Gasteiger partial charge in [0.25, 0.3) is 6.43 Å². The van der Waals surface area contributed by atoms with Gasteiger partial charge in [0.2, 0.25) is 5.88 Å². The van der Waals surface area contributed by atoms with E-state index in [1.165, 1.54) is 0 Å². The van der Waals surface area contributed by atoms with Crippen LogP contribution in [0.25, 0.3) is 0 Å². The molecule has 0 fully saturated rings. The number of alkyl halides is 5. The van der Waals surface area contributed by atoms with Crippen molar-refractivity contribution in [3.05, 3.63) is 20.9 Å². The van der Waals surface area contributed by atoms with E-state index >= 15 is 0 Å². The summed E-state index contributed by atoms with van der Waals surface area (Å²) in [6.07, 6.45) is -8.50. The lowest BCUT2D eigenvalue weighted by Crippen LogP contribution is -2.19. The van der Waals surface area contributed by atoms with E-state index in [0.29, 0.717) is 0 Å². The number of nitriles is 1. The van der Waals surface area contributed by atoms with Gasteiger partial charge in [-0.1, -0.05) is 0 Å². The average Bonchev–Trinajstić information content (AvgIpc) is 2.19. The van der Waals surface area contributed by atoms with E-state index in [2.05, 4.69) is 9.72 Å². The summed E-state index contributed by atoms with van der Waals surface area (Å²) in [4.78, 5) is 3.31. The summed E-state index contributed by atoms with van der Waals surface area (Å²) in [5, 5.41) is 8.45. The van der Waals surface area contributed by atoms with Gasteiger partial charge in [-0.15, -0.1) is 13.2 Å². The number of nitrogens with zero attached hydrogens (tertiary/aromatic N) is 2. The molecular weight excluding hydrogens is 374 g/mol. The van der Waals surface area contributed by atoms with Gasteiger partial charge in [0.1, 0.15) is 3.70 Å². The molecule has 3 nitrogen and oxygen atoms in total. The third-order valence-corrected chi connectivity index (χ3v) is 2.69. The van der Waals surface area contributed by atoms with Gasteiger partial charge in [-0.05, 0) is 34.2 Å². The highest BCUT2D eigenvalue weighted by Gasteiger charge is 2.34. The molecule has 0 atom stereocenters. The molecule has 1 rings (SSSR count). The van der Waals surface area contributed by atoms with Crippen molar-refractivity contribution in [2.24, 2.45) is 0 Å². The molecule has 1 aromatic heterocycles. The Morgan fingerprint density at radius 3 is 2.50 bits per heavy atom. The molecule has 18 heavy (non-hydrogen) atoms. The van der Waals surface area contributed by atoms with Crippen molar-refractivity contribution < 1.29 is 26.7 Å². The Balaban J connectivity index is 3.25. The summed E-state index contributed by atoms with van der Waals surface area (Å²) < 4.78 is 64.6. The predicted octanol–water partition coefficient (Wildman–Crippen LogP) is 3.59. The molecule has 0 spiro atoms. The molecule has 0 aromatic carbocycles. The van der Waals surface area contributed by atoms with Crippen molar-refractivity contribution in [3.8, 4) is 11.9 Å². The van der Waals surface area contributed by atoms with Crippen LogP contribution in [-0.4, -0.2) is 11.3 Å². The number of aromatic nitrogens is 1. The van der Waals surface area contributed by atoms with Crippen LogP contribution >= 0.6 is 22.6 Å². The standard InChI is InChI=1S/C9H4F5IN2O/c10-6(11)5-3-4(1-2-16)7(15)17-8(5)18-9(12,13)14/h3,6H,1H2. The van der Waals surface area contributed by atoms with E-state index in [1.807, 2.05) is 0 Å². The minimum absolute atomic E-state index is 0.0119. The number of pyridine rings is 1. The molecule has 0 N–H and O–H groups in total. The van der Waals surface area contributed by atoms with Crippen LogP contribution < -0.4 is 4.74 Å². The topological polar surface area (TPSA) is 45.9 Å². The molecule has 0 bridgehead atoms. The van der Waals surface area contributed by atoms with Gasteiger partial charge >= 0.3 is 6.36 Å². The highest BCUT2D eigenvalue weighted by atomic mass is 127. The Morgan fingerprint density at radius 2 is 2.06 bits per heavy atom. The fourth-order valence-corrected chi connectivity index (χ4v) is 1.66. The Morgan fingerprint density at radius 1 is 1.44 bits per heavy atom. The molecular formula is C9H4F5IN2O. The van der Waals surface area contributed by atoms with Crippen molar-refractivity contribution >= 4 is 22.6 Å². The molecule has 1 aromatic rings. The molecule has 0 saturated heterocycles. The van der Waals surface area contributed by atoms with E-state index in [9.17, 15) is 22.0 Å². The van der Waals surface area contributed by atoms with Crippen LogP contribution in [-0.2, 0) is 6.42 Å². The van der Waals surface area contributed by atoms with Gasteiger partial charge in [-0.3, -0.25) is 0 Å². The first-order valence-corrected chi connectivity index (χ1v) is 5.42. The number of ether oxygens (including phenoxy) is 1. The van der Waals surface area contributed by atoms with Crippen LogP contribution in [0.15, 0.2) is 6.07 Å². The smallest absolute Gasteiger partial charge is 0.387 e. The number of halogens is 6. The minimum atomic E-state index is -5.10. The Kier molecular flexibility index (Phi) is 4.66. The Hall–Kier alpha value is -1.18. The predicted molar refractivity (Wildman–Crippen MR) is 57.9 cm³/mol. The summed E-state index contributed by atoms with van der Waals surface area (Å²) in [7, 11) is 0. The van der Waals surface area contributed by atoms with Crippen LogP contribution in [0, 0.1) is 15.0 Å². The van der Waals surface area contributed by atoms with Crippen molar-refractivity contribution in [1.82, 2.24) is 4.98 Å². The van der Waals surface area contributed by atoms with Crippen LogP contribution in [0.1, 0.15) is 17.6 Å². The first kappa shape index (κ1) is 14.9. The second kappa shape index (κ2) is 5.64. The molecule has 0 aliphatic heterocycles. The normalized spacial score (nSPS) is 11.4. The monoisotopic (exact) mass is 378 g/mol. The number of rotatable bonds is 3. The van der Waals surface area contributed by atoms with Crippen LogP contribution in [0.3, 0.4) is 0 Å². The van der Waals surface area contributed by atoms with E-state index in [1.54, 1.807) is 28.7 Å². The van der Waals surface area contributed by atoms with Crippen LogP contribution in [0.2, 0.25) is 0 Å². The number of hydrogen-bond acceptors (Lipinski definition) is 3. The zero-order chi connectivity index (χ0) is 13.9. The lowest BCUT2D eigenvalue weighted by Gasteiger charge is -2.13. The van der Waals surface area contributed by atoms with Crippen LogP contribution in [0.4, 0.5) is 22.0 Å². The highest BCUT2D eigenvalue weighted by molar-refractivity contribution is 14.1. The molecule has 0 aliphatic carbocycles. The Bertz CT molecular complexity index is 483. The van der Waals surface area contributed by atoms with Gasteiger partial charge in [-0.2, -0.15) is 5.26 Å². The van der Waals surface area contributed by atoms with E-state index in [-0.39, 0.29) is 15.7 Å². The first-order chi connectivity index (χ1) is 8.24. The second-order valence-corrected chi connectivity index (χ2v) is 4.04. The van der Waals surface area contributed by atoms with Gasteiger partial charge < -0.3 is 4.74 Å². The molecule has 98 valence electrons. The fraction of sp³-hybridized carbons (Fsp3) is 0.333. The summed E-state index contributed by atoms with van der Waals surface area (Å²) in [6, 6.07) is 2.50. The van der Waals surface area contributed by atoms with Gasteiger partial charge in [-0.25, -0.2) is 13.8 Å². The van der Waals surface area contributed by atoms with Crippen molar-refractivity contribution in [2.45, 2.75) is 19.2 Å². The summed E-state index contributed by atoms with van der Waals surface area (Å²) in [5.41, 5.74) is -0.860. The highest BCUT2D eigenvalue weighted by Crippen LogP contribution is 2.33. The lowest BCUT2D eigenvalue weighted by atomic mass is 10.1. The molecule has 1 heterocycles. The van der Waals surface area contributed by atoms with Gasteiger partial charge in [0.05, 0.1) is 18.1 Å². The maximum absolute atomic E-state index is 12.6. The summed E-state index contributed by atoms with van der Waals surface area (Å²) >= 11 is 1.55. The molecule has 0 aliphatic rings. The third kappa shape index (κ3) is 3.94. The lowest BCUT2D eigenvalue weighted by molar-refractivity contribution is -0.276. The van der Waals surface area contributed by atoms with E-state index < -0.39 is 24.2 Å². The quantitative estimate of drug-likeness (QED) is 0.459.